The third-order valence-electron chi connectivity index (χ3n) is 4.42. The van der Waals surface area contributed by atoms with Crippen molar-refractivity contribution >= 4 is 17.2 Å². The van der Waals surface area contributed by atoms with Crippen molar-refractivity contribution in [1.82, 2.24) is 25.1 Å². The van der Waals surface area contributed by atoms with Crippen molar-refractivity contribution in [3.8, 4) is 0 Å². The molecule has 1 fully saturated rings. The lowest BCUT2D eigenvalue weighted by Gasteiger charge is -2.13. The molecular formula is C16H20N6. The molecule has 3 heterocycles. The summed E-state index contributed by atoms with van der Waals surface area (Å²) in [5.41, 5.74) is 3.25. The molecule has 0 amide bonds. The van der Waals surface area contributed by atoms with Crippen LogP contribution in [0.25, 0.3) is 5.57 Å². The third kappa shape index (κ3) is 2.74. The molecule has 0 radical (unpaired) electrons. The van der Waals surface area contributed by atoms with Crippen molar-refractivity contribution in [2.45, 2.75) is 25.3 Å². The van der Waals surface area contributed by atoms with E-state index in [1.165, 1.54) is 12.0 Å². The number of allylic oxidation sites excluding steroid dienone is 1. The van der Waals surface area contributed by atoms with Gasteiger partial charge in [-0.25, -0.2) is 9.97 Å². The van der Waals surface area contributed by atoms with Gasteiger partial charge in [-0.05, 0) is 43.4 Å². The summed E-state index contributed by atoms with van der Waals surface area (Å²) in [6, 6.07) is 2.60. The van der Waals surface area contributed by atoms with E-state index < -0.39 is 0 Å². The SMILES string of the molecule is Cn1cc(Nc2nccc(C3=CCC4CNC(C3)C4)n2)cn1. The van der Waals surface area contributed by atoms with Gasteiger partial charge in [0, 0.05) is 25.5 Å². The van der Waals surface area contributed by atoms with Crippen LogP contribution in [0.4, 0.5) is 11.6 Å². The fourth-order valence-corrected chi connectivity index (χ4v) is 3.32. The van der Waals surface area contributed by atoms with E-state index in [9.17, 15) is 0 Å². The summed E-state index contributed by atoms with van der Waals surface area (Å²) < 4.78 is 1.75. The van der Waals surface area contributed by atoms with Gasteiger partial charge in [-0.15, -0.1) is 0 Å². The highest BCUT2D eigenvalue weighted by atomic mass is 15.3. The Labute approximate surface area is 129 Å². The molecule has 2 N–H and O–H groups in total. The highest BCUT2D eigenvalue weighted by Crippen LogP contribution is 2.31. The Hall–Kier alpha value is -2.21. The van der Waals surface area contributed by atoms with E-state index in [0.717, 1.165) is 36.7 Å². The van der Waals surface area contributed by atoms with E-state index in [2.05, 4.69) is 31.8 Å². The first kappa shape index (κ1) is 13.5. The number of nitrogens with one attached hydrogen (secondary N) is 2. The standard InChI is InChI=1S/C16H20N6/c1-22-10-14(9-19-22)20-16-17-5-4-15(21-16)12-3-2-11-6-13(7-12)18-8-11/h3-5,9-11,13,18H,2,6-8H2,1H3,(H,17,20,21). The molecule has 2 atom stereocenters. The average Bonchev–Trinajstić information content (AvgIpc) is 3.05. The minimum absolute atomic E-state index is 0.600. The van der Waals surface area contributed by atoms with Crippen molar-refractivity contribution in [2.24, 2.45) is 13.0 Å². The molecule has 2 aromatic heterocycles. The average molecular weight is 296 g/mol. The molecule has 114 valence electrons. The second kappa shape index (κ2) is 5.53. The third-order valence-corrected chi connectivity index (χ3v) is 4.42. The summed E-state index contributed by atoms with van der Waals surface area (Å²) in [4.78, 5) is 8.98. The number of anilines is 2. The smallest absolute Gasteiger partial charge is 0.227 e. The number of rotatable bonds is 3. The second-order valence-corrected chi connectivity index (χ2v) is 6.17. The van der Waals surface area contributed by atoms with E-state index in [0.29, 0.717) is 12.0 Å². The monoisotopic (exact) mass is 296 g/mol. The van der Waals surface area contributed by atoms with Gasteiger partial charge in [0.05, 0.1) is 17.6 Å². The topological polar surface area (TPSA) is 67.7 Å². The van der Waals surface area contributed by atoms with Gasteiger partial charge < -0.3 is 10.6 Å². The normalized spacial score (nSPS) is 24.0. The second-order valence-electron chi connectivity index (χ2n) is 6.17. The maximum absolute atomic E-state index is 4.67. The Bertz CT molecular complexity index is 704. The Morgan fingerprint density at radius 2 is 2.36 bits per heavy atom. The van der Waals surface area contributed by atoms with Crippen LogP contribution >= 0.6 is 0 Å². The van der Waals surface area contributed by atoms with Gasteiger partial charge in [-0.2, -0.15) is 5.10 Å². The summed E-state index contributed by atoms with van der Waals surface area (Å²) in [5.74, 6) is 1.41. The van der Waals surface area contributed by atoms with E-state index in [4.69, 9.17) is 0 Å². The first-order chi connectivity index (χ1) is 10.8. The highest BCUT2D eigenvalue weighted by Gasteiger charge is 2.27. The summed E-state index contributed by atoms with van der Waals surface area (Å²) in [6.07, 6.45) is 11.3. The van der Waals surface area contributed by atoms with Crippen molar-refractivity contribution in [3.05, 3.63) is 36.4 Å². The van der Waals surface area contributed by atoms with Crippen LogP contribution in [0.15, 0.2) is 30.7 Å². The predicted molar refractivity (Wildman–Crippen MR) is 85.6 cm³/mol. The van der Waals surface area contributed by atoms with Gasteiger partial charge in [-0.3, -0.25) is 4.68 Å². The zero-order valence-corrected chi connectivity index (χ0v) is 12.7. The number of fused-ring (bicyclic) bond motifs is 2. The number of aromatic nitrogens is 4. The molecule has 2 aromatic rings. The zero-order valence-electron chi connectivity index (χ0n) is 12.7. The first-order valence-corrected chi connectivity index (χ1v) is 7.78. The number of nitrogens with zero attached hydrogens (tertiary/aromatic N) is 4. The maximum atomic E-state index is 4.67. The summed E-state index contributed by atoms with van der Waals surface area (Å²) in [5, 5.41) is 11.0. The molecule has 6 heteroatoms. The number of aryl methyl sites for hydroxylation is 1. The Morgan fingerprint density at radius 1 is 1.41 bits per heavy atom. The molecule has 2 bridgehead atoms. The molecule has 1 aliphatic carbocycles. The minimum Gasteiger partial charge on any atom is -0.321 e. The Morgan fingerprint density at radius 3 is 3.23 bits per heavy atom. The van der Waals surface area contributed by atoms with Crippen LogP contribution in [0.5, 0.6) is 0 Å². The van der Waals surface area contributed by atoms with Gasteiger partial charge in [0.1, 0.15) is 0 Å². The molecular weight excluding hydrogens is 276 g/mol. The van der Waals surface area contributed by atoms with Crippen LogP contribution in [0.2, 0.25) is 0 Å². The minimum atomic E-state index is 0.600. The van der Waals surface area contributed by atoms with E-state index in [-0.39, 0.29) is 0 Å². The predicted octanol–water partition coefficient (Wildman–Crippen LogP) is 2.11. The van der Waals surface area contributed by atoms with Crippen LogP contribution in [-0.4, -0.2) is 32.3 Å². The maximum Gasteiger partial charge on any atom is 0.227 e. The van der Waals surface area contributed by atoms with Crippen LogP contribution in [0.1, 0.15) is 25.0 Å². The van der Waals surface area contributed by atoms with Crippen molar-refractivity contribution < 1.29 is 0 Å². The van der Waals surface area contributed by atoms with Crippen molar-refractivity contribution in [1.29, 1.82) is 0 Å². The van der Waals surface area contributed by atoms with Gasteiger partial charge in [-0.1, -0.05) is 6.08 Å². The fourth-order valence-electron chi connectivity index (χ4n) is 3.32. The molecule has 2 aliphatic rings. The molecule has 0 aromatic carbocycles. The summed E-state index contributed by atoms with van der Waals surface area (Å²) in [7, 11) is 1.89. The first-order valence-electron chi connectivity index (χ1n) is 7.78. The van der Waals surface area contributed by atoms with E-state index >= 15 is 0 Å². The molecule has 4 rings (SSSR count). The molecule has 2 unspecified atom stereocenters. The van der Waals surface area contributed by atoms with E-state index in [1.807, 2.05) is 25.5 Å². The van der Waals surface area contributed by atoms with Crippen LogP contribution in [0.3, 0.4) is 0 Å². The van der Waals surface area contributed by atoms with Crippen molar-refractivity contribution in [3.63, 3.8) is 0 Å². The molecule has 1 saturated heterocycles. The zero-order chi connectivity index (χ0) is 14.9. The summed E-state index contributed by atoms with van der Waals surface area (Å²) in [6.45, 7) is 1.16. The van der Waals surface area contributed by atoms with E-state index in [1.54, 1.807) is 10.9 Å². The lowest BCUT2D eigenvalue weighted by Crippen LogP contribution is -2.22. The van der Waals surface area contributed by atoms with Crippen LogP contribution < -0.4 is 10.6 Å². The molecule has 22 heavy (non-hydrogen) atoms. The van der Waals surface area contributed by atoms with Crippen LogP contribution in [0, 0.1) is 5.92 Å². The van der Waals surface area contributed by atoms with Gasteiger partial charge in [0.2, 0.25) is 5.95 Å². The van der Waals surface area contributed by atoms with Gasteiger partial charge >= 0.3 is 0 Å². The Balaban J connectivity index is 1.56. The van der Waals surface area contributed by atoms with Gasteiger partial charge in [0.15, 0.2) is 0 Å². The lowest BCUT2D eigenvalue weighted by atomic mass is 10.0. The molecule has 0 saturated carbocycles. The lowest BCUT2D eigenvalue weighted by molar-refractivity contribution is 0.577. The molecule has 1 aliphatic heterocycles. The number of hydrogen-bond donors (Lipinski definition) is 2. The van der Waals surface area contributed by atoms with Crippen molar-refractivity contribution in [2.75, 3.05) is 11.9 Å². The van der Waals surface area contributed by atoms with Gasteiger partial charge in [0.25, 0.3) is 0 Å². The largest absolute Gasteiger partial charge is 0.321 e. The molecule has 6 nitrogen and oxygen atoms in total. The van der Waals surface area contributed by atoms with Crippen LogP contribution in [-0.2, 0) is 7.05 Å². The Kier molecular flexibility index (Phi) is 3.38. The highest BCUT2D eigenvalue weighted by molar-refractivity contribution is 5.65. The quantitative estimate of drug-likeness (QED) is 0.908. The fraction of sp³-hybridized carbons (Fsp3) is 0.438. The number of hydrogen-bond acceptors (Lipinski definition) is 5. The molecule has 0 spiro atoms. The summed E-state index contributed by atoms with van der Waals surface area (Å²) >= 11 is 0.